The smallest absolute Gasteiger partial charge is 0.276 e. The van der Waals surface area contributed by atoms with E-state index in [-0.39, 0.29) is 24.8 Å². The van der Waals surface area contributed by atoms with Crippen molar-refractivity contribution in [3.63, 3.8) is 0 Å². The minimum Gasteiger partial charge on any atom is -0.490 e. The Hall–Kier alpha value is -3.22. The number of nitrogens with zero attached hydrogens (tertiary/aromatic N) is 3. The molecule has 3 heterocycles. The fourth-order valence-corrected chi connectivity index (χ4v) is 3.70. The first-order valence-electron chi connectivity index (χ1n) is 9.38. The lowest BCUT2D eigenvalue weighted by atomic mass is 10.2. The van der Waals surface area contributed by atoms with Crippen LogP contribution in [-0.2, 0) is 10.2 Å². The summed E-state index contributed by atoms with van der Waals surface area (Å²) < 4.78 is 55.2. The molecule has 0 unspecified atom stereocenters. The second-order valence-corrected chi connectivity index (χ2v) is 8.52. The van der Waals surface area contributed by atoms with Crippen molar-refractivity contribution >= 4 is 26.6 Å². The summed E-state index contributed by atoms with van der Waals surface area (Å²) in [5.74, 6) is 0.197. The van der Waals surface area contributed by atoms with Crippen LogP contribution in [0, 0.1) is 19.7 Å². The Bertz CT molecular complexity index is 1360. The Kier molecular flexibility index (Phi) is 5.52. The van der Waals surface area contributed by atoms with Gasteiger partial charge in [0.1, 0.15) is 24.2 Å². The Morgan fingerprint density at radius 3 is 2.84 bits per heavy atom. The lowest BCUT2D eigenvalue weighted by Gasteiger charge is -2.08. The van der Waals surface area contributed by atoms with Gasteiger partial charge in [-0.3, -0.25) is 0 Å². The van der Waals surface area contributed by atoms with Gasteiger partial charge < -0.3 is 14.5 Å². The van der Waals surface area contributed by atoms with E-state index in [9.17, 15) is 12.8 Å². The van der Waals surface area contributed by atoms with Gasteiger partial charge in [0.05, 0.1) is 6.20 Å². The number of benzene rings is 1. The van der Waals surface area contributed by atoms with Gasteiger partial charge in [-0.05, 0) is 32.0 Å². The van der Waals surface area contributed by atoms with Gasteiger partial charge in [0.25, 0.3) is 10.2 Å². The molecule has 0 bridgehead atoms. The highest BCUT2D eigenvalue weighted by Crippen LogP contribution is 2.34. The van der Waals surface area contributed by atoms with Crippen LogP contribution in [0.3, 0.4) is 0 Å². The summed E-state index contributed by atoms with van der Waals surface area (Å²) in [5.41, 5.74) is 2.71. The molecule has 10 nitrogen and oxygen atoms in total. The van der Waals surface area contributed by atoms with Gasteiger partial charge in [-0.25, -0.2) is 13.6 Å². The van der Waals surface area contributed by atoms with E-state index in [2.05, 4.69) is 24.5 Å². The first-order valence-corrected chi connectivity index (χ1v) is 10.9. The first-order chi connectivity index (χ1) is 14.8. The molecule has 31 heavy (non-hydrogen) atoms. The lowest BCUT2D eigenvalue weighted by molar-refractivity contribution is 0.321. The highest BCUT2D eigenvalue weighted by atomic mass is 32.2. The average Bonchev–Trinajstić information content (AvgIpc) is 3.28. The molecule has 4 aromatic rings. The zero-order valence-corrected chi connectivity index (χ0v) is 17.9. The van der Waals surface area contributed by atoms with E-state index in [0.717, 1.165) is 5.69 Å². The normalized spacial score (nSPS) is 12.0. The standard InChI is InChI=1S/C19H21FN6O4S/c1-11-8-13-14(25-11)4-5-15(17(13)20)30-19-18-12(2)16(9-26(18)23-10-22-19)29-7-6-24-31(27,28)21-3/h4-5,8-10,21,24-25H,6-7H2,1-3H3. The molecular formula is C19H21FN6O4S. The van der Waals surface area contributed by atoms with Gasteiger partial charge in [0.15, 0.2) is 11.6 Å². The third kappa shape index (κ3) is 4.17. The number of aromatic nitrogens is 4. The first kappa shape index (κ1) is 21.0. The van der Waals surface area contributed by atoms with Crippen molar-refractivity contribution in [3.05, 3.63) is 47.8 Å². The van der Waals surface area contributed by atoms with Crippen LogP contribution in [-0.4, -0.2) is 48.2 Å². The maximum absolute atomic E-state index is 14.9. The van der Waals surface area contributed by atoms with Crippen LogP contribution < -0.4 is 18.9 Å². The zero-order chi connectivity index (χ0) is 22.2. The molecule has 0 amide bonds. The van der Waals surface area contributed by atoms with Crippen molar-refractivity contribution in [3.8, 4) is 17.4 Å². The van der Waals surface area contributed by atoms with E-state index in [1.165, 1.54) is 24.0 Å². The summed E-state index contributed by atoms with van der Waals surface area (Å²) in [6.07, 6.45) is 2.92. The molecule has 12 heteroatoms. The Morgan fingerprint density at radius 1 is 1.26 bits per heavy atom. The minimum atomic E-state index is -3.53. The van der Waals surface area contributed by atoms with Crippen LogP contribution in [0.4, 0.5) is 4.39 Å². The molecule has 0 spiro atoms. The zero-order valence-electron chi connectivity index (χ0n) is 17.1. The van der Waals surface area contributed by atoms with Crippen LogP contribution >= 0.6 is 0 Å². The molecule has 0 saturated heterocycles. The summed E-state index contributed by atoms with van der Waals surface area (Å²) >= 11 is 0. The summed E-state index contributed by atoms with van der Waals surface area (Å²) in [5, 5.41) is 4.58. The SMILES string of the molecule is CNS(=O)(=O)NCCOc1cn2ncnc(Oc3ccc4[nH]c(C)cc4c3F)c2c1C. The molecule has 0 aliphatic heterocycles. The van der Waals surface area contributed by atoms with Crippen LogP contribution in [0.2, 0.25) is 0 Å². The van der Waals surface area contributed by atoms with E-state index in [4.69, 9.17) is 9.47 Å². The van der Waals surface area contributed by atoms with Crippen molar-refractivity contribution in [2.45, 2.75) is 13.8 Å². The number of aromatic amines is 1. The monoisotopic (exact) mass is 448 g/mol. The molecular weight excluding hydrogens is 427 g/mol. The number of fused-ring (bicyclic) bond motifs is 2. The number of hydrogen-bond acceptors (Lipinski definition) is 6. The number of H-pyrrole nitrogens is 1. The van der Waals surface area contributed by atoms with Gasteiger partial charge in [0, 0.05) is 35.8 Å². The summed E-state index contributed by atoms with van der Waals surface area (Å²) in [6, 6.07) is 4.99. The van der Waals surface area contributed by atoms with Crippen molar-refractivity contribution in [1.29, 1.82) is 0 Å². The van der Waals surface area contributed by atoms with Crippen molar-refractivity contribution in [1.82, 2.24) is 29.0 Å². The number of halogens is 1. The number of ether oxygens (including phenoxy) is 2. The fourth-order valence-electron chi connectivity index (χ4n) is 3.21. The molecule has 164 valence electrons. The molecule has 3 N–H and O–H groups in total. The Morgan fingerprint density at radius 2 is 2.06 bits per heavy atom. The lowest BCUT2D eigenvalue weighted by Crippen LogP contribution is -2.36. The summed E-state index contributed by atoms with van der Waals surface area (Å²) in [7, 11) is -2.22. The molecule has 3 aromatic heterocycles. The quantitative estimate of drug-likeness (QED) is 0.355. The predicted molar refractivity (Wildman–Crippen MR) is 112 cm³/mol. The average molecular weight is 448 g/mol. The number of aryl methyl sites for hydroxylation is 2. The summed E-state index contributed by atoms with van der Waals surface area (Å²) in [6.45, 7) is 3.81. The van der Waals surface area contributed by atoms with Crippen molar-refractivity contribution < 1.29 is 22.3 Å². The van der Waals surface area contributed by atoms with E-state index < -0.39 is 16.0 Å². The van der Waals surface area contributed by atoms with Crippen LogP contribution in [0.1, 0.15) is 11.3 Å². The van der Waals surface area contributed by atoms with Crippen LogP contribution in [0.15, 0.2) is 30.7 Å². The van der Waals surface area contributed by atoms with Gasteiger partial charge >= 0.3 is 0 Å². The molecule has 4 rings (SSSR count). The number of hydrogen-bond donors (Lipinski definition) is 3. The minimum absolute atomic E-state index is 0.0386. The van der Waals surface area contributed by atoms with E-state index in [1.807, 2.05) is 6.92 Å². The fraction of sp³-hybridized carbons (Fsp3) is 0.263. The Balaban J connectivity index is 1.59. The van der Waals surface area contributed by atoms with Crippen molar-refractivity contribution in [2.75, 3.05) is 20.2 Å². The van der Waals surface area contributed by atoms with Crippen LogP contribution in [0.5, 0.6) is 17.4 Å². The third-order valence-electron chi connectivity index (χ3n) is 4.71. The largest absolute Gasteiger partial charge is 0.490 e. The van der Waals surface area contributed by atoms with E-state index in [0.29, 0.717) is 27.7 Å². The second-order valence-electron chi connectivity index (χ2n) is 6.82. The highest BCUT2D eigenvalue weighted by Gasteiger charge is 2.18. The highest BCUT2D eigenvalue weighted by molar-refractivity contribution is 7.87. The van der Waals surface area contributed by atoms with Gasteiger partial charge in [0.2, 0.25) is 5.88 Å². The van der Waals surface area contributed by atoms with E-state index in [1.54, 1.807) is 25.3 Å². The molecule has 0 aliphatic carbocycles. The number of nitrogens with one attached hydrogen (secondary N) is 3. The van der Waals surface area contributed by atoms with Crippen LogP contribution in [0.25, 0.3) is 16.4 Å². The summed E-state index contributed by atoms with van der Waals surface area (Å²) in [4.78, 5) is 7.24. The molecule has 1 aromatic carbocycles. The predicted octanol–water partition coefficient (Wildman–Crippen LogP) is 2.19. The molecule has 0 radical (unpaired) electrons. The topological polar surface area (TPSA) is 123 Å². The molecule has 0 fully saturated rings. The van der Waals surface area contributed by atoms with E-state index >= 15 is 0 Å². The molecule has 0 aliphatic rings. The molecule has 0 atom stereocenters. The number of rotatable bonds is 8. The van der Waals surface area contributed by atoms with Gasteiger partial charge in [-0.2, -0.15) is 23.2 Å². The van der Waals surface area contributed by atoms with Gasteiger partial charge in [-0.15, -0.1) is 0 Å². The maximum Gasteiger partial charge on any atom is 0.276 e. The maximum atomic E-state index is 14.9. The Labute approximate surface area is 177 Å². The molecule has 0 saturated carbocycles. The van der Waals surface area contributed by atoms with Gasteiger partial charge in [-0.1, -0.05) is 0 Å². The van der Waals surface area contributed by atoms with Crippen molar-refractivity contribution in [2.24, 2.45) is 0 Å². The third-order valence-corrected chi connectivity index (χ3v) is 5.83. The second kappa shape index (κ2) is 8.13.